The summed E-state index contributed by atoms with van der Waals surface area (Å²) in [5.41, 5.74) is 5.14. The first-order chi connectivity index (χ1) is 13.2. The molecule has 0 radical (unpaired) electrons. The summed E-state index contributed by atoms with van der Waals surface area (Å²) >= 11 is 0. The molecule has 0 bridgehead atoms. The number of nitrogens with zero attached hydrogens (tertiary/aromatic N) is 3. The van der Waals surface area contributed by atoms with Crippen molar-refractivity contribution in [3.63, 3.8) is 0 Å². The van der Waals surface area contributed by atoms with E-state index in [1.807, 2.05) is 44.6 Å². The van der Waals surface area contributed by atoms with Gasteiger partial charge in [-0.3, -0.25) is 9.48 Å². The first-order valence-corrected chi connectivity index (χ1v) is 9.66. The van der Waals surface area contributed by atoms with Gasteiger partial charge in [0.1, 0.15) is 0 Å². The van der Waals surface area contributed by atoms with Crippen molar-refractivity contribution in [2.45, 2.75) is 54.1 Å². The summed E-state index contributed by atoms with van der Waals surface area (Å²) in [5, 5.41) is 4.62. The number of benzene rings is 1. The van der Waals surface area contributed by atoms with Gasteiger partial charge in [-0.2, -0.15) is 5.10 Å². The Morgan fingerprint density at radius 1 is 1.14 bits per heavy atom. The summed E-state index contributed by atoms with van der Waals surface area (Å²) in [6, 6.07) is 3.88. The molecule has 0 unspecified atom stereocenters. The van der Waals surface area contributed by atoms with Gasteiger partial charge in [0, 0.05) is 31.4 Å². The first-order valence-electron chi connectivity index (χ1n) is 9.66. The zero-order valence-electron chi connectivity index (χ0n) is 18.4. The first kappa shape index (κ1) is 21.8. The van der Waals surface area contributed by atoms with Gasteiger partial charge in [-0.15, -0.1) is 0 Å². The lowest BCUT2D eigenvalue weighted by atomic mass is 10.1. The maximum Gasteiger partial charge on any atom is 0.227 e. The zero-order valence-corrected chi connectivity index (χ0v) is 18.4. The number of aryl methyl sites for hydroxylation is 2. The fourth-order valence-corrected chi connectivity index (χ4v) is 3.34. The third-order valence-corrected chi connectivity index (χ3v) is 5.07. The van der Waals surface area contributed by atoms with Crippen molar-refractivity contribution in [3.05, 3.63) is 40.2 Å². The lowest BCUT2D eigenvalue weighted by Crippen LogP contribution is -2.28. The molecule has 1 aromatic heterocycles. The Morgan fingerprint density at radius 2 is 1.75 bits per heavy atom. The van der Waals surface area contributed by atoms with Crippen LogP contribution in [0.3, 0.4) is 0 Å². The number of methoxy groups -OCH3 is 2. The maximum absolute atomic E-state index is 12.9. The predicted octanol–water partition coefficient (Wildman–Crippen LogP) is 3.68. The van der Waals surface area contributed by atoms with Crippen molar-refractivity contribution in [3.8, 4) is 11.5 Å². The minimum Gasteiger partial charge on any atom is -0.493 e. The van der Waals surface area contributed by atoms with Crippen LogP contribution < -0.4 is 9.47 Å². The van der Waals surface area contributed by atoms with Crippen LogP contribution in [-0.2, 0) is 24.3 Å². The molecule has 0 aliphatic heterocycles. The number of carbonyl (C=O) groups excluding carboxylic acids is 1. The summed E-state index contributed by atoms with van der Waals surface area (Å²) in [5.74, 6) is 1.95. The third kappa shape index (κ3) is 4.86. The molecule has 28 heavy (non-hydrogen) atoms. The number of ether oxygens (including phenoxy) is 2. The lowest BCUT2D eigenvalue weighted by Gasteiger charge is -2.20. The molecule has 0 spiro atoms. The summed E-state index contributed by atoms with van der Waals surface area (Å²) < 4.78 is 12.8. The van der Waals surface area contributed by atoms with Gasteiger partial charge in [-0.25, -0.2) is 0 Å². The molecule has 0 atom stereocenters. The normalized spacial score (nSPS) is 11.0. The Labute approximate surface area is 168 Å². The highest BCUT2D eigenvalue weighted by Gasteiger charge is 2.19. The SMILES string of the molecule is COc1cc(C)c(CN(C)C(=O)Cc2c(C)nn(CC(C)C)c2C)cc1OC. The molecule has 1 aromatic carbocycles. The topological polar surface area (TPSA) is 56.6 Å². The van der Waals surface area contributed by atoms with Crippen LogP contribution in [0, 0.1) is 26.7 Å². The van der Waals surface area contributed by atoms with Gasteiger partial charge in [0.05, 0.1) is 26.3 Å². The molecule has 1 heterocycles. The Morgan fingerprint density at radius 3 is 2.32 bits per heavy atom. The highest BCUT2D eigenvalue weighted by atomic mass is 16.5. The van der Waals surface area contributed by atoms with Crippen LogP contribution in [0.5, 0.6) is 11.5 Å². The molecule has 1 amide bonds. The van der Waals surface area contributed by atoms with E-state index in [1.165, 1.54) is 0 Å². The van der Waals surface area contributed by atoms with Crippen molar-refractivity contribution in [2.75, 3.05) is 21.3 Å². The van der Waals surface area contributed by atoms with Gasteiger partial charge < -0.3 is 14.4 Å². The molecule has 0 saturated carbocycles. The van der Waals surface area contributed by atoms with Crippen LogP contribution in [-0.4, -0.2) is 41.9 Å². The molecule has 6 nitrogen and oxygen atoms in total. The fourth-order valence-electron chi connectivity index (χ4n) is 3.34. The average molecular weight is 388 g/mol. The molecule has 0 aliphatic rings. The van der Waals surface area contributed by atoms with Crippen molar-refractivity contribution in [1.82, 2.24) is 14.7 Å². The zero-order chi connectivity index (χ0) is 21.0. The number of aromatic nitrogens is 2. The van der Waals surface area contributed by atoms with Crippen LogP contribution in [0.1, 0.15) is 41.9 Å². The van der Waals surface area contributed by atoms with E-state index in [2.05, 4.69) is 18.9 Å². The summed E-state index contributed by atoms with van der Waals surface area (Å²) in [6.45, 7) is 11.8. The van der Waals surface area contributed by atoms with Crippen LogP contribution >= 0.6 is 0 Å². The molecule has 2 rings (SSSR count). The summed E-state index contributed by atoms with van der Waals surface area (Å²) in [6.07, 6.45) is 0.360. The van der Waals surface area contributed by atoms with E-state index >= 15 is 0 Å². The van der Waals surface area contributed by atoms with Gasteiger partial charge >= 0.3 is 0 Å². The number of hydrogen-bond acceptors (Lipinski definition) is 4. The van der Waals surface area contributed by atoms with Gasteiger partial charge in [0.25, 0.3) is 0 Å². The van der Waals surface area contributed by atoms with Gasteiger partial charge in [0.2, 0.25) is 5.91 Å². The maximum atomic E-state index is 12.9. The van der Waals surface area contributed by atoms with Crippen LogP contribution in [0.25, 0.3) is 0 Å². The quantitative estimate of drug-likeness (QED) is 0.693. The van der Waals surface area contributed by atoms with E-state index in [0.29, 0.717) is 30.4 Å². The van der Waals surface area contributed by atoms with Gasteiger partial charge in [0.15, 0.2) is 11.5 Å². The average Bonchev–Trinajstić information content (AvgIpc) is 2.89. The number of rotatable bonds is 8. The lowest BCUT2D eigenvalue weighted by molar-refractivity contribution is -0.129. The van der Waals surface area contributed by atoms with E-state index in [9.17, 15) is 4.79 Å². The second-order valence-corrected chi connectivity index (χ2v) is 7.79. The molecule has 0 aliphatic carbocycles. The number of likely N-dealkylation sites (N-methyl/N-ethyl adjacent to an activating group) is 1. The smallest absolute Gasteiger partial charge is 0.227 e. The van der Waals surface area contributed by atoms with Gasteiger partial charge in [-0.1, -0.05) is 13.8 Å². The van der Waals surface area contributed by atoms with Crippen molar-refractivity contribution in [1.29, 1.82) is 0 Å². The molecule has 0 saturated heterocycles. The van der Waals surface area contributed by atoms with Crippen molar-refractivity contribution >= 4 is 5.91 Å². The van der Waals surface area contributed by atoms with E-state index in [4.69, 9.17) is 9.47 Å². The Hall–Kier alpha value is -2.50. The standard InChI is InChI=1S/C22H33N3O3/c1-14(2)12-25-17(5)19(16(4)23-25)11-22(26)24(6)13-18-10-21(28-8)20(27-7)9-15(18)3/h9-10,14H,11-13H2,1-8H3. The number of hydrogen-bond donors (Lipinski definition) is 0. The highest BCUT2D eigenvalue weighted by Crippen LogP contribution is 2.30. The number of carbonyl (C=O) groups is 1. The molecule has 2 aromatic rings. The van der Waals surface area contributed by atoms with Crippen LogP contribution in [0.2, 0.25) is 0 Å². The summed E-state index contributed by atoms with van der Waals surface area (Å²) in [4.78, 5) is 14.6. The fraction of sp³-hybridized carbons (Fsp3) is 0.545. The molecule has 0 N–H and O–H groups in total. The second-order valence-electron chi connectivity index (χ2n) is 7.79. The Balaban J connectivity index is 2.15. The highest BCUT2D eigenvalue weighted by molar-refractivity contribution is 5.79. The van der Waals surface area contributed by atoms with Gasteiger partial charge in [-0.05, 0) is 49.9 Å². The van der Waals surface area contributed by atoms with E-state index in [-0.39, 0.29) is 5.91 Å². The monoisotopic (exact) mass is 387 g/mol. The summed E-state index contributed by atoms with van der Waals surface area (Å²) in [7, 11) is 5.07. The Bertz CT molecular complexity index is 840. The van der Waals surface area contributed by atoms with Crippen molar-refractivity contribution in [2.24, 2.45) is 5.92 Å². The molecular formula is C22H33N3O3. The second kappa shape index (κ2) is 9.13. The minimum atomic E-state index is 0.0736. The van der Waals surface area contributed by atoms with E-state index in [1.54, 1.807) is 19.1 Å². The van der Waals surface area contributed by atoms with Crippen LogP contribution in [0.4, 0.5) is 0 Å². The van der Waals surface area contributed by atoms with Crippen molar-refractivity contribution < 1.29 is 14.3 Å². The van der Waals surface area contributed by atoms with Crippen LogP contribution in [0.15, 0.2) is 12.1 Å². The molecule has 154 valence electrons. The number of amides is 1. The Kier molecular flexibility index (Phi) is 7.11. The minimum absolute atomic E-state index is 0.0736. The largest absolute Gasteiger partial charge is 0.493 e. The molecule has 0 fully saturated rings. The predicted molar refractivity (Wildman–Crippen MR) is 111 cm³/mol. The van der Waals surface area contributed by atoms with E-state index in [0.717, 1.165) is 34.6 Å². The van der Waals surface area contributed by atoms with E-state index < -0.39 is 0 Å². The molecule has 6 heteroatoms. The third-order valence-electron chi connectivity index (χ3n) is 5.07. The molecular weight excluding hydrogens is 354 g/mol.